The predicted molar refractivity (Wildman–Crippen MR) is 96.2 cm³/mol. The second-order valence-corrected chi connectivity index (χ2v) is 5.66. The topological polar surface area (TPSA) is 73.6 Å². The molecule has 0 aliphatic heterocycles. The maximum absolute atomic E-state index is 9.14. The second-order valence-electron chi connectivity index (χ2n) is 4.82. The molecule has 0 atom stereocenters. The van der Waals surface area contributed by atoms with Crippen LogP contribution in [0, 0.1) is 11.3 Å². The molecule has 1 aromatic heterocycles. The standard InChI is InChI=1S/C17H11Cl2N5/c18-12-5-6-13(19)15(7-12)24-17-8-16(21-10-22-17)23-14-4-2-1-3-11(14)9-20/h1-8,10H,(H2,21,22,23,24). The van der Waals surface area contributed by atoms with E-state index in [1.807, 2.05) is 12.1 Å². The summed E-state index contributed by atoms with van der Waals surface area (Å²) in [5.41, 5.74) is 1.85. The van der Waals surface area contributed by atoms with E-state index in [0.717, 1.165) is 0 Å². The first-order valence-electron chi connectivity index (χ1n) is 6.96. The van der Waals surface area contributed by atoms with Crippen LogP contribution < -0.4 is 10.6 Å². The number of halogens is 2. The van der Waals surface area contributed by atoms with Crippen molar-refractivity contribution in [1.29, 1.82) is 5.26 Å². The number of nitrogens with zero attached hydrogens (tertiary/aromatic N) is 3. The Kier molecular flexibility index (Phi) is 4.80. The molecule has 0 amide bonds. The first kappa shape index (κ1) is 16.1. The summed E-state index contributed by atoms with van der Waals surface area (Å²) in [5.74, 6) is 1.10. The Morgan fingerprint density at radius 1 is 0.875 bits per heavy atom. The predicted octanol–water partition coefficient (Wildman–Crippen LogP) is 5.14. The lowest BCUT2D eigenvalue weighted by molar-refractivity contribution is 1.17. The monoisotopic (exact) mass is 355 g/mol. The van der Waals surface area contributed by atoms with Crippen molar-refractivity contribution in [3.05, 3.63) is 70.5 Å². The van der Waals surface area contributed by atoms with Crippen molar-refractivity contribution in [2.75, 3.05) is 10.6 Å². The highest BCUT2D eigenvalue weighted by Crippen LogP contribution is 2.28. The smallest absolute Gasteiger partial charge is 0.135 e. The Hall–Kier alpha value is -2.81. The van der Waals surface area contributed by atoms with Gasteiger partial charge in [-0.2, -0.15) is 5.26 Å². The number of rotatable bonds is 4. The zero-order valence-electron chi connectivity index (χ0n) is 12.3. The fraction of sp³-hybridized carbons (Fsp3) is 0. The SMILES string of the molecule is N#Cc1ccccc1Nc1cc(Nc2cc(Cl)ccc2Cl)ncn1. The van der Waals surface area contributed by atoms with Crippen LogP contribution in [0.4, 0.5) is 23.0 Å². The van der Waals surface area contributed by atoms with Gasteiger partial charge in [-0.25, -0.2) is 9.97 Å². The lowest BCUT2D eigenvalue weighted by atomic mass is 10.2. The molecule has 0 radical (unpaired) electrons. The van der Waals surface area contributed by atoms with Crippen molar-refractivity contribution in [3.8, 4) is 6.07 Å². The molecule has 5 nitrogen and oxygen atoms in total. The van der Waals surface area contributed by atoms with Crippen LogP contribution in [0.25, 0.3) is 0 Å². The van der Waals surface area contributed by atoms with E-state index in [1.54, 1.807) is 36.4 Å². The fourth-order valence-electron chi connectivity index (χ4n) is 2.05. The first-order chi connectivity index (χ1) is 11.7. The van der Waals surface area contributed by atoms with Gasteiger partial charge >= 0.3 is 0 Å². The average Bonchev–Trinajstić information content (AvgIpc) is 2.59. The first-order valence-corrected chi connectivity index (χ1v) is 7.71. The third-order valence-electron chi connectivity index (χ3n) is 3.17. The molecular weight excluding hydrogens is 345 g/mol. The molecule has 3 rings (SSSR count). The van der Waals surface area contributed by atoms with E-state index < -0.39 is 0 Å². The quantitative estimate of drug-likeness (QED) is 0.677. The van der Waals surface area contributed by atoms with Gasteiger partial charge in [0.2, 0.25) is 0 Å². The molecule has 0 fully saturated rings. The van der Waals surface area contributed by atoms with E-state index in [4.69, 9.17) is 28.5 Å². The molecule has 0 saturated carbocycles. The molecule has 0 aliphatic rings. The van der Waals surface area contributed by atoms with Crippen LogP contribution in [0.2, 0.25) is 10.0 Å². The van der Waals surface area contributed by atoms with Gasteiger partial charge in [-0.05, 0) is 30.3 Å². The Morgan fingerprint density at radius 2 is 1.58 bits per heavy atom. The van der Waals surface area contributed by atoms with Crippen molar-refractivity contribution in [2.45, 2.75) is 0 Å². The zero-order valence-corrected chi connectivity index (χ0v) is 13.8. The molecule has 24 heavy (non-hydrogen) atoms. The van der Waals surface area contributed by atoms with Crippen LogP contribution in [0.5, 0.6) is 0 Å². The van der Waals surface area contributed by atoms with Crippen molar-refractivity contribution in [2.24, 2.45) is 0 Å². The van der Waals surface area contributed by atoms with E-state index in [2.05, 4.69) is 26.7 Å². The van der Waals surface area contributed by atoms with Crippen molar-refractivity contribution < 1.29 is 0 Å². The summed E-state index contributed by atoms with van der Waals surface area (Å²) in [4.78, 5) is 8.32. The van der Waals surface area contributed by atoms with Gasteiger partial charge in [0, 0.05) is 11.1 Å². The highest BCUT2D eigenvalue weighted by atomic mass is 35.5. The molecule has 118 valence electrons. The van der Waals surface area contributed by atoms with Gasteiger partial charge in [-0.1, -0.05) is 35.3 Å². The van der Waals surface area contributed by atoms with Gasteiger partial charge in [0.1, 0.15) is 24.0 Å². The van der Waals surface area contributed by atoms with E-state index in [1.165, 1.54) is 6.33 Å². The molecule has 0 saturated heterocycles. The minimum absolute atomic E-state index is 0.530. The van der Waals surface area contributed by atoms with Crippen molar-refractivity contribution >= 4 is 46.2 Å². The Labute approximate surface area is 148 Å². The summed E-state index contributed by atoms with van der Waals surface area (Å²) in [6, 6.07) is 16.2. The van der Waals surface area contributed by atoms with Crippen LogP contribution in [0.15, 0.2) is 54.9 Å². The molecule has 2 N–H and O–H groups in total. The zero-order chi connectivity index (χ0) is 16.9. The molecule has 0 bridgehead atoms. The van der Waals surface area contributed by atoms with Crippen molar-refractivity contribution in [1.82, 2.24) is 9.97 Å². The van der Waals surface area contributed by atoms with Crippen LogP contribution in [0.1, 0.15) is 5.56 Å². The van der Waals surface area contributed by atoms with Gasteiger partial charge in [0.05, 0.1) is 22.0 Å². The van der Waals surface area contributed by atoms with Crippen LogP contribution in [0.3, 0.4) is 0 Å². The number of hydrogen-bond acceptors (Lipinski definition) is 5. The van der Waals surface area contributed by atoms with Crippen LogP contribution >= 0.6 is 23.2 Å². The van der Waals surface area contributed by atoms with Gasteiger partial charge in [-0.3, -0.25) is 0 Å². The molecule has 0 unspecified atom stereocenters. The maximum Gasteiger partial charge on any atom is 0.135 e. The highest BCUT2D eigenvalue weighted by molar-refractivity contribution is 6.35. The van der Waals surface area contributed by atoms with Crippen LogP contribution in [-0.4, -0.2) is 9.97 Å². The second kappa shape index (κ2) is 7.18. The highest BCUT2D eigenvalue weighted by Gasteiger charge is 2.06. The number of benzene rings is 2. The van der Waals surface area contributed by atoms with E-state index in [9.17, 15) is 0 Å². The van der Waals surface area contributed by atoms with Gasteiger partial charge in [-0.15, -0.1) is 0 Å². The largest absolute Gasteiger partial charge is 0.339 e. The number of aromatic nitrogens is 2. The molecule has 7 heteroatoms. The molecule has 0 aliphatic carbocycles. The van der Waals surface area contributed by atoms with Crippen LogP contribution in [-0.2, 0) is 0 Å². The summed E-state index contributed by atoms with van der Waals surface area (Å²) in [7, 11) is 0. The number of para-hydroxylation sites is 1. The van der Waals surface area contributed by atoms with Gasteiger partial charge in [0.25, 0.3) is 0 Å². The fourth-order valence-corrected chi connectivity index (χ4v) is 2.39. The molecule has 1 heterocycles. The van der Waals surface area contributed by atoms with Gasteiger partial charge in [0.15, 0.2) is 0 Å². The lowest BCUT2D eigenvalue weighted by Crippen LogP contribution is -2.00. The maximum atomic E-state index is 9.14. The Bertz CT molecular complexity index is 921. The third-order valence-corrected chi connectivity index (χ3v) is 3.73. The van der Waals surface area contributed by atoms with E-state index >= 15 is 0 Å². The minimum Gasteiger partial charge on any atom is -0.339 e. The summed E-state index contributed by atoms with van der Waals surface area (Å²) in [6.45, 7) is 0. The number of nitrogens with one attached hydrogen (secondary N) is 2. The number of nitriles is 1. The number of hydrogen-bond donors (Lipinski definition) is 2. The lowest BCUT2D eigenvalue weighted by Gasteiger charge is -2.10. The summed E-state index contributed by atoms with van der Waals surface area (Å²) in [5, 5.41) is 16.4. The Balaban J connectivity index is 1.84. The number of anilines is 4. The molecular formula is C17H11Cl2N5. The van der Waals surface area contributed by atoms with Crippen molar-refractivity contribution in [3.63, 3.8) is 0 Å². The minimum atomic E-state index is 0.530. The van der Waals surface area contributed by atoms with E-state index in [0.29, 0.717) is 38.6 Å². The summed E-state index contributed by atoms with van der Waals surface area (Å²) < 4.78 is 0. The van der Waals surface area contributed by atoms with Gasteiger partial charge < -0.3 is 10.6 Å². The van der Waals surface area contributed by atoms with E-state index in [-0.39, 0.29) is 0 Å². The normalized spacial score (nSPS) is 10.0. The molecule has 0 spiro atoms. The summed E-state index contributed by atoms with van der Waals surface area (Å²) in [6.07, 6.45) is 1.41. The molecule has 2 aromatic carbocycles. The average molecular weight is 356 g/mol. The summed E-state index contributed by atoms with van der Waals surface area (Å²) >= 11 is 12.1. The molecule has 3 aromatic rings. The third kappa shape index (κ3) is 3.74. The Morgan fingerprint density at radius 3 is 2.33 bits per heavy atom.